The number of benzene rings is 3. The summed E-state index contributed by atoms with van der Waals surface area (Å²) in [6.45, 7) is 5.03. The minimum Gasteiger partial charge on any atom is -0.319 e. The highest BCUT2D eigenvalue weighted by Crippen LogP contribution is 2.29. The summed E-state index contributed by atoms with van der Waals surface area (Å²) < 4.78 is 2.29. The van der Waals surface area contributed by atoms with Gasteiger partial charge in [0.15, 0.2) is 0 Å². The number of rotatable bonds is 3. The predicted molar refractivity (Wildman–Crippen MR) is 105 cm³/mol. The second-order valence-electron chi connectivity index (χ2n) is 6.46. The number of hydrogen-bond acceptors (Lipinski definition) is 1. The van der Waals surface area contributed by atoms with E-state index in [1.54, 1.807) is 0 Å². The van der Waals surface area contributed by atoms with E-state index in [9.17, 15) is 0 Å². The minimum atomic E-state index is 0.758. The van der Waals surface area contributed by atoms with Crippen molar-refractivity contribution in [2.75, 3.05) is 0 Å². The Bertz CT molecular complexity index is 1050. The van der Waals surface area contributed by atoms with E-state index in [0.29, 0.717) is 0 Å². The topological polar surface area (TPSA) is 17.8 Å². The first kappa shape index (κ1) is 15.9. The third-order valence-electron chi connectivity index (χ3n) is 4.53. The maximum absolute atomic E-state index is 6.03. The van der Waals surface area contributed by atoms with Crippen LogP contribution in [0.4, 0.5) is 0 Å². The van der Waals surface area contributed by atoms with Crippen molar-refractivity contribution in [3.63, 3.8) is 0 Å². The second-order valence-corrected chi connectivity index (χ2v) is 6.89. The van der Waals surface area contributed by atoms with Crippen molar-refractivity contribution in [1.82, 2.24) is 9.55 Å². The SMILES string of the molecule is Cc1ccc(-c2nc3ccccc3n2Cc2ccc(Cl)cc2)c(C)c1. The van der Waals surface area contributed by atoms with Crippen LogP contribution in [0.25, 0.3) is 22.4 Å². The zero-order valence-electron chi connectivity index (χ0n) is 14.3. The monoisotopic (exact) mass is 346 g/mol. The Balaban J connectivity index is 1.90. The molecule has 0 aliphatic rings. The molecule has 2 nitrogen and oxygen atoms in total. The van der Waals surface area contributed by atoms with E-state index < -0.39 is 0 Å². The van der Waals surface area contributed by atoms with Crippen molar-refractivity contribution in [3.05, 3.63) is 88.4 Å². The number of hydrogen-bond donors (Lipinski definition) is 0. The van der Waals surface area contributed by atoms with E-state index in [1.807, 2.05) is 18.2 Å². The van der Waals surface area contributed by atoms with Gasteiger partial charge in [0.2, 0.25) is 0 Å². The summed E-state index contributed by atoms with van der Waals surface area (Å²) in [7, 11) is 0. The second kappa shape index (κ2) is 6.38. The van der Waals surface area contributed by atoms with Crippen molar-refractivity contribution in [2.45, 2.75) is 20.4 Å². The van der Waals surface area contributed by atoms with E-state index in [-0.39, 0.29) is 0 Å². The molecule has 3 heteroatoms. The molecule has 1 aromatic heterocycles. The van der Waals surface area contributed by atoms with Crippen LogP contribution in [0.1, 0.15) is 16.7 Å². The Morgan fingerprint density at radius 2 is 1.68 bits per heavy atom. The Kier molecular flexibility index (Phi) is 4.06. The van der Waals surface area contributed by atoms with Crippen molar-refractivity contribution >= 4 is 22.6 Å². The lowest BCUT2D eigenvalue weighted by Gasteiger charge is -2.12. The van der Waals surface area contributed by atoms with Crippen LogP contribution in [0.2, 0.25) is 5.02 Å². The molecule has 3 aromatic carbocycles. The van der Waals surface area contributed by atoms with Crippen LogP contribution < -0.4 is 0 Å². The Hall–Kier alpha value is -2.58. The molecular weight excluding hydrogens is 328 g/mol. The predicted octanol–water partition coefficient (Wildman–Crippen LogP) is 6.02. The average molecular weight is 347 g/mol. The van der Waals surface area contributed by atoms with Crippen LogP contribution in [0.5, 0.6) is 0 Å². The first-order valence-corrected chi connectivity index (χ1v) is 8.77. The van der Waals surface area contributed by atoms with Gasteiger partial charge in [-0.15, -0.1) is 0 Å². The van der Waals surface area contributed by atoms with Gasteiger partial charge in [0.25, 0.3) is 0 Å². The zero-order valence-corrected chi connectivity index (χ0v) is 15.1. The molecule has 0 aliphatic carbocycles. The Morgan fingerprint density at radius 3 is 2.44 bits per heavy atom. The summed E-state index contributed by atoms with van der Waals surface area (Å²) in [4.78, 5) is 4.92. The molecule has 25 heavy (non-hydrogen) atoms. The quantitative estimate of drug-likeness (QED) is 0.443. The fourth-order valence-electron chi connectivity index (χ4n) is 3.28. The Labute approximate surface area is 152 Å². The third-order valence-corrected chi connectivity index (χ3v) is 4.78. The van der Waals surface area contributed by atoms with E-state index in [4.69, 9.17) is 16.6 Å². The summed E-state index contributed by atoms with van der Waals surface area (Å²) in [6.07, 6.45) is 0. The van der Waals surface area contributed by atoms with Crippen LogP contribution in [0.3, 0.4) is 0 Å². The molecule has 0 radical (unpaired) electrons. The molecule has 0 unspecified atom stereocenters. The molecular formula is C22H19ClN2. The molecule has 0 saturated carbocycles. The number of fused-ring (bicyclic) bond motifs is 1. The molecule has 0 bridgehead atoms. The summed E-state index contributed by atoms with van der Waals surface area (Å²) >= 11 is 6.03. The van der Waals surface area contributed by atoms with Crippen molar-refractivity contribution in [2.24, 2.45) is 0 Å². The first-order chi connectivity index (χ1) is 12.1. The van der Waals surface area contributed by atoms with Gasteiger partial charge in [-0.2, -0.15) is 0 Å². The zero-order chi connectivity index (χ0) is 17.4. The van der Waals surface area contributed by atoms with Gasteiger partial charge in [0.1, 0.15) is 5.82 Å². The first-order valence-electron chi connectivity index (χ1n) is 8.39. The lowest BCUT2D eigenvalue weighted by atomic mass is 10.1. The standard InChI is InChI=1S/C22H19ClN2/c1-15-7-12-19(16(2)13-15)22-24-20-5-3-4-6-21(20)25(22)14-17-8-10-18(23)11-9-17/h3-13H,14H2,1-2H3. The normalized spacial score (nSPS) is 11.2. The summed E-state index contributed by atoms with van der Waals surface area (Å²) in [5.41, 5.74) is 7.06. The highest BCUT2D eigenvalue weighted by Gasteiger charge is 2.14. The van der Waals surface area contributed by atoms with Gasteiger partial charge >= 0.3 is 0 Å². The highest BCUT2D eigenvalue weighted by atomic mass is 35.5. The van der Waals surface area contributed by atoms with E-state index >= 15 is 0 Å². The molecule has 4 rings (SSSR count). The summed E-state index contributed by atoms with van der Waals surface area (Å²) in [6, 6.07) is 22.8. The highest BCUT2D eigenvalue weighted by molar-refractivity contribution is 6.30. The van der Waals surface area contributed by atoms with Gasteiger partial charge < -0.3 is 4.57 Å². The van der Waals surface area contributed by atoms with Gasteiger partial charge in [0.05, 0.1) is 11.0 Å². The lowest BCUT2D eigenvalue weighted by Crippen LogP contribution is -2.03. The average Bonchev–Trinajstić information content (AvgIpc) is 2.95. The van der Waals surface area contributed by atoms with Crippen LogP contribution in [-0.2, 0) is 6.54 Å². The van der Waals surface area contributed by atoms with Gasteiger partial charge in [0, 0.05) is 17.1 Å². The van der Waals surface area contributed by atoms with Gasteiger partial charge in [-0.25, -0.2) is 4.98 Å². The van der Waals surface area contributed by atoms with Crippen molar-refractivity contribution < 1.29 is 0 Å². The smallest absolute Gasteiger partial charge is 0.141 e. The number of halogens is 1. The van der Waals surface area contributed by atoms with E-state index in [0.717, 1.165) is 28.4 Å². The molecule has 124 valence electrons. The molecule has 0 saturated heterocycles. The van der Waals surface area contributed by atoms with Crippen molar-refractivity contribution in [1.29, 1.82) is 0 Å². The summed E-state index contributed by atoms with van der Waals surface area (Å²) in [5.74, 6) is 1.01. The van der Waals surface area contributed by atoms with Crippen LogP contribution in [0.15, 0.2) is 66.7 Å². The Morgan fingerprint density at radius 1 is 0.920 bits per heavy atom. The number of nitrogens with zero attached hydrogens (tertiary/aromatic N) is 2. The van der Waals surface area contributed by atoms with Gasteiger partial charge in [-0.05, 0) is 49.2 Å². The van der Waals surface area contributed by atoms with Crippen molar-refractivity contribution in [3.8, 4) is 11.4 Å². The fourth-order valence-corrected chi connectivity index (χ4v) is 3.40. The van der Waals surface area contributed by atoms with E-state index in [2.05, 4.69) is 66.9 Å². The molecule has 0 spiro atoms. The fraction of sp³-hybridized carbons (Fsp3) is 0.136. The van der Waals surface area contributed by atoms with Crippen LogP contribution >= 0.6 is 11.6 Å². The van der Waals surface area contributed by atoms with Crippen LogP contribution in [-0.4, -0.2) is 9.55 Å². The molecule has 0 fully saturated rings. The molecule has 0 N–H and O–H groups in total. The van der Waals surface area contributed by atoms with Crippen LogP contribution in [0, 0.1) is 13.8 Å². The number of imidazole rings is 1. The summed E-state index contributed by atoms with van der Waals surface area (Å²) in [5, 5.41) is 0.758. The third kappa shape index (κ3) is 3.06. The molecule has 0 aliphatic heterocycles. The maximum Gasteiger partial charge on any atom is 0.141 e. The van der Waals surface area contributed by atoms with E-state index in [1.165, 1.54) is 22.3 Å². The number of aromatic nitrogens is 2. The minimum absolute atomic E-state index is 0.758. The maximum atomic E-state index is 6.03. The molecule has 1 heterocycles. The molecule has 0 atom stereocenters. The number of aryl methyl sites for hydroxylation is 2. The molecule has 0 amide bonds. The van der Waals surface area contributed by atoms with Gasteiger partial charge in [-0.1, -0.05) is 59.6 Å². The molecule has 4 aromatic rings. The van der Waals surface area contributed by atoms with Gasteiger partial charge in [-0.3, -0.25) is 0 Å². The lowest BCUT2D eigenvalue weighted by molar-refractivity contribution is 0.833. The largest absolute Gasteiger partial charge is 0.319 e. The number of para-hydroxylation sites is 2.